The van der Waals surface area contributed by atoms with Crippen LogP contribution in [0.3, 0.4) is 0 Å². The predicted octanol–water partition coefficient (Wildman–Crippen LogP) is 6.07. The Balaban J connectivity index is 1.65. The topological polar surface area (TPSA) is 9.23 Å². The summed E-state index contributed by atoms with van der Waals surface area (Å²) in [7, 11) is 0. The third kappa shape index (κ3) is 4.28. The van der Waals surface area contributed by atoms with Gasteiger partial charge in [-0.05, 0) is 29.0 Å². The Kier molecular flexibility index (Phi) is 5.48. The second-order valence-corrected chi connectivity index (χ2v) is 9.99. The molecule has 0 bridgehead atoms. The first-order chi connectivity index (χ1) is 11.3. The maximum absolute atomic E-state index is 6.33. The zero-order chi connectivity index (χ0) is 17.3. The summed E-state index contributed by atoms with van der Waals surface area (Å²) in [6.07, 6.45) is 7.77. The summed E-state index contributed by atoms with van der Waals surface area (Å²) in [6, 6.07) is 8.84. The van der Waals surface area contributed by atoms with Crippen molar-refractivity contribution in [2.45, 2.75) is 62.7 Å². The third-order valence-corrected chi connectivity index (χ3v) is 6.54. The Morgan fingerprint density at radius 1 is 1.21 bits per heavy atom. The van der Waals surface area contributed by atoms with E-state index in [1.807, 2.05) is 17.8 Å². The van der Waals surface area contributed by atoms with Gasteiger partial charge in [0.25, 0.3) is 0 Å². The summed E-state index contributed by atoms with van der Waals surface area (Å²) in [5, 5.41) is 1.95. The van der Waals surface area contributed by atoms with Crippen LogP contribution in [0.1, 0.15) is 45.2 Å². The van der Waals surface area contributed by atoms with Crippen molar-refractivity contribution < 1.29 is 4.74 Å². The summed E-state index contributed by atoms with van der Waals surface area (Å²) in [4.78, 5) is 0. The van der Waals surface area contributed by atoms with Gasteiger partial charge in [0, 0.05) is 21.5 Å². The molecule has 1 nitrogen and oxygen atoms in total. The number of rotatable bonds is 3. The van der Waals surface area contributed by atoms with E-state index >= 15 is 0 Å². The maximum atomic E-state index is 6.33. The molecule has 4 atom stereocenters. The number of thioether (sulfide) groups is 1. The van der Waals surface area contributed by atoms with Crippen molar-refractivity contribution >= 4 is 23.4 Å². The zero-order valence-electron chi connectivity index (χ0n) is 15.0. The molecule has 130 valence electrons. The van der Waals surface area contributed by atoms with Gasteiger partial charge in [-0.3, -0.25) is 0 Å². The Morgan fingerprint density at radius 2 is 1.92 bits per heavy atom. The van der Waals surface area contributed by atoms with Crippen LogP contribution in [-0.2, 0) is 16.8 Å². The van der Waals surface area contributed by atoms with Gasteiger partial charge < -0.3 is 4.74 Å². The first-order valence-corrected chi connectivity index (χ1v) is 10.1. The molecule has 0 radical (unpaired) electrons. The quantitative estimate of drug-likeness (QED) is 0.645. The van der Waals surface area contributed by atoms with Crippen LogP contribution in [0.2, 0.25) is 0 Å². The summed E-state index contributed by atoms with van der Waals surface area (Å²) in [6.45, 7) is 9.69. The lowest BCUT2D eigenvalue weighted by atomic mass is 9.87. The van der Waals surface area contributed by atoms with E-state index in [2.05, 4.69) is 64.1 Å². The lowest BCUT2D eigenvalue weighted by molar-refractivity contribution is 0.00714. The SMILES string of the molecule is C[C@H]1C[C@@H](OCc2ccc(C(C)(C)C)cc2)[C@@H]2C=C(Cl)C=C[C@@H]2S1. The number of fused-ring (bicyclic) bond motifs is 1. The van der Waals surface area contributed by atoms with Crippen LogP contribution < -0.4 is 0 Å². The number of benzene rings is 1. The monoisotopic (exact) mass is 362 g/mol. The molecule has 0 aromatic heterocycles. The van der Waals surface area contributed by atoms with E-state index in [0.29, 0.717) is 23.0 Å². The fourth-order valence-electron chi connectivity index (χ4n) is 3.40. The van der Waals surface area contributed by atoms with E-state index in [1.54, 1.807) is 0 Å². The standard InChI is InChI=1S/C21H27ClOS/c1-14-11-19(18-12-17(22)9-10-20(18)24-14)23-13-15-5-7-16(8-6-15)21(2,3)4/h5-10,12,14,18-20H,11,13H2,1-4H3/t14-,18-,19+,20-/m0/s1. The highest BCUT2D eigenvalue weighted by atomic mass is 35.5. The van der Waals surface area contributed by atoms with Crippen LogP contribution >= 0.6 is 23.4 Å². The minimum atomic E-state index is 0.193. The van der Waals surface area contributed by atoms with E-state index in [0.717, 1.165) is 11.5 Å². The summed E-state index contributed by atoms with van der Waals surface area (Å²) >= 11 is 8.26. The van der Waals surface area contributed by atoms with Crippen LogP contribution in [0, 0.1) is 5.92 Å². The molecule has 1 fully saturated rings. The number of ether oxygens (including phenoxy) is 1. The Morgan fingerprint density at radius 3 is 2.58 bits per heavy atom. The van der Waals surface area contributed by atoms with Crippen LogP contribution in [0.25, 0.3) is 0 Å². The van der Waals surface area contributed by atoms with Gasteiger partial charge in [0.1, 0.15) is 0 Å². The van der Waals surface area contributed by atoms with Crippen molar-refractivity contribution in [3.8, 4) is 0 Å². The smallest absolute Gasteiger partial charge is 0.0720 e. The van der Waals surface area contributed by atoms with Crippen LogP contribution in [-0.4, -0.2) is 16.6 Å². The number of halogens is 1. The lowest BCUT2D eigenvalue weighted by Gasteiger charge is -2.39. The normalized spacial score (nSPS) is 30.0. The van der Waals surface area contributed by atoms with E-state index in [1.165, 1.54) is 11.1 Å². The molecule has 0 N–H and O–H groups in total. The average molecular weight is 363 g/mol. The molecule has 1 aromatic carbocycles. The van der Waals surface area contributed by atoms with Crippen molar-refractivity contribution in [1.29, 1.82) is 0 Å². The molecule has 0 spiro atoms. The summed E-state index contributed by atoms with van der Waals surface area (Å²) in [5.74, 6) is 0.387. The summed E-state index contributed by atoms with van der Waals surface area (Å²) < 4.78 is 6.33. The highest BCUT2D eigenvalue weighted by Crippen LogP contribution is 2.42. The molecule has 0 amide bonds. The van der Waals surface area contributed by atoms with E-state index < -0.39 is 0 Å². The maximum Gasteiger partial charge on any atom is 0.0720 e. The molecule has 1 aliphatic heterocycles. The molecule has 3 rings (SSSR count). The van der Waals surface area contributed by atoms with Gasteiger partial charge in [-0.25, -0.2) is 0 Å². The molecular formula is C21H27ClOS. The van der Waals surface area contributed by atoms with Crippen molar-refractivity contribution in [3.05, 3.63) is 58.7 Å². The first-order valence-electron chi connectivity index (χ1n) is 8.75. The van der Waals surface area contributed by atoms with Gasteiger partial charge in [-0.2, -0.15) is 11.8 Å². The molecule has 1 aliphatic carbocycles. The van der Waals surface area contributed by atoms with Crippen molar-refractivity contribution in [1.82, 2.24) is 0 Å². The van der Waals surface area contributed by atoms with E-state index in [-0.39, 0.29) is 11.5 Å². The molecule has 24 heavy (non-hydrogen) atoms. The minimum absolute atomic E-state index is 0.193. The summed E-state index contributed by atoms with van der Waals surface area (Å²) in [5.41, 5.74) is 2.80. The van der Waals surface area contributed by atoms with Gasteiger partial charge >= 0.3 is 0 Å². The molecule has 1 saturated heterocycles. The average Bonchev–Trinajstić information content (AvgIpc) is 2.52. The fraction of sp³-hybridized carbons (Fsp3) is 0.524. The van der Waals surface area contributed by atoms with Crippen molar-refractivity contribution in [2.75, 3.05) is 0 Å². The van der Waals surface area contributed by atoms with Gasteiger partial charge in [0.2, 0.25) is 0 Å². The Labute approximate surface area is 155 Å². The number of hydrogen-bond donors (Lipinski definition) is 0. The van der Waals surface area contributed by atoms with Gasteiger partial charge in [0.15, 0.2) is 0 Å². The second kappa shape index (κ2) is 7.27. The van der Waals surface area contributed by atoms with E-state index in [4.69, 9.17) is 16.3 Å². The van der Waals surface area contributed by atoms with Crippen molar-refractivity contribution in [2.24, 2.45) is 5.92 Å². The molecule has 0 saturated carbocycles. The van der Waals surface area contributed by atoms with Crippen LogP contribution in [0.15, 0.2) is 47.5 Å². The molecule has 1 aromatic rings. The van der Waals surface area contributed by atoms with E-state index in [9.17, 15) is 0 Å². The third-order valence-electron chi connectivity index (χ3n) is 4.84. The largest absolute Gasteiger partial charge is 0.373 e. The molecule has 1 heterocycles. The fourth-order valence-corrected chi connectivity index (χ4v) is 5.06. The highest BCUT2D eigenvalue weighted by Gasteiger charge is 2.36. The van der Waals surface area contributed by atoms with Crippen LogP contribution in [0.4, 0.5) is 0 Å². The van der Waals surface area contributed by atoms with Gasteiger partial charge in [-0.1, -0.05) is 75.7 Å². The lowest BCUT2D eigenvalue weighted by Crippen LogP contribution is -2.38. The van der Waals surface area contributed by atoms with Crippen LogP contribution in [0.5, 0.6) is 0 Å². The first kappa shape index (κ1) is 18.1. The Bertz CT molecular complexity index is 626. The molecular weight excluding hydrogens is 336 g/mol. The van der Waals surface area contributed by atoms with Crippen molar-refractivity contribution in [3.63, 3.8) is 0 Å². The second-order valence-electron chi connectivity index (χ2n) is 7.93. The number of hydrogen-bond acceptors (Lipinski definition) is 2. The highest BCUT2D eigenvalue weighted by molar-refractivity contribution is 8.00. The van der Waals surface area contributed by atoms with Gasteiger partial charge in [-0.15, -0.1) is 0 Å². The number of allylic oxidation sites excluding steroid dienone is 2. The predicted molar refractivity (Wildman–Crippen MR) is 106 cm³/mol. The molecule has 2 aliphatic rings. The van der Waals surface area contributed by atoms with Gasteiger partial charge in [0.05, 0.1) is 12.7 Å². The minimum Gasteiger partial charge on any atom is -0.373 e. The zero-order valence-corrected chi connectivity index (χ0v) is 16.5. The Hall–Kier alpha value is -0.700. The molecule has 0 unspecified atom stereocenters. The molecule has 3 heteroatoms.